The molecule has 17 heteroatoms. The second kappa shape index (κ2) is 106. The fourth-order valence-electron chi connectivity index (χ4n) is 13.9. The van der Waals surface area contributed by atoms with Crippen molar-refractivity contribution in [1.29, 1.82) is 0 Å². The van der Waals surface area contributed by atoms with Gasteiger partial charge in [0.1, 0.15) is 0 Å². The fourth-order valence-corrected chi connectivity index (χ4v) is 13.9. The minimum absolute atomic E-state index is 0.0778. The normalized spacial score (nSPS) is 14.4. The van der Waals surface area contributed by atoms with Crippen LogP contribution < -0.4 is 0 Å². The van der Waals surface area contributed by atoms with E-state index in [1.807, 2.05) is 0 Å². The van der Waals surface area contributed by atoms with E-state index >= 15 is 0 Å². The van der Waals surface area contributed by atoms with Crippen LogP contribution in [0.5, 0.6) is 0 Å². The number of carbonyl (C=O) groups is 6. The summed E-state index contributed by atoms with van der Waals surface area (Å²) in [6.07, 6.45) is 103. The summed E-state index contributed by atoms with van der Waals surface area (Å²) in [5.74, 6) is -0.513. The molecule has 119 heavy (non-hydrogen) atoms. The molecule has 0 aromatic carbocycles. The van der Waals surface area contributed by atoms with Gasteiger partial charge in [-0.25, -0.2) is 0 Å². The van der Waals surface area contributed by atoms with Crippen molar-refractivity contribution >= 4 is 35.8 Å². The Bertz CT molecular complexity index is 2120. The van der Waals surface area contributed by atoms with Crippen molar-refractivity contribution in [2.24, 2.45) is 0 Å². The summed E-state index contributed by atoms with van der Waals surface area (Å²) in [6, 6.07) is 0. The van der Waals surface area contributed by atoms with E-state index in [4.69, 9.17) is 24.8 Å². The Morgan fingerprint density at radius 2 is 0.336 bits per heavy atom. The number of ether oxygens (including phenoxy) is 8. The maximum atomic E-state index is 10.9. The number of hydrogen-bond donors (Lipinski definition) is 3. The summed E-state index contributed by atoms with van der Waals surface area (Å²) in [6.45, 7) is 7.73. The zero-order valence-electron chi connectivity index (χ0n) is 79.0. The van der Waals surface area contributed by atoms with Crippen molar-refractivity contribution in [2.75, 3.05) is 62.5 Å². The Hall–Kier alpha value is -4.42. The lowest BCUT2D eigenvalue weighted by Gasteiger charge is -2.01. The van der Waals surface area contributed by atoms with E-state index in [0.29, 0.717) is 82.8 Å². The second-order valence-electron chi connectivity index (χ2n) is 32.9. The Morgan fingerprint density at radius 1 is 0.202 bits per heavy atom. The van der Waals surface area contributed by atoms with E-state index in [9.17, 15) is 28.8 Å². The molecule has 0 aromatic heterocycles. The summed E-state index contributed by atoms with van der Waals surface area (Å²) in [5.41, 5.74) is 0. The molecule has 4 unspecified atom stereocenters. The number of methoxy groups -OCH3 is 6. The summed E-state index contributed by atoms with van der Waals surface area (Å²) < 4.78 is 39.1. The van der Waals surface area contributed by atoms with Crippen LogP contribution in [0, 0.1) is 0 Å². The van der Waals surface area contributed by atoms with Gasteiger partial charge in [-0.15, -0.1) is 0 Å². The minimum atomic E-state index is -0.0942. The quantitative estimate of drug-likeness (QED) is 0.0168. The van der Waals surface area contributed by atoms with Gasteiger partial charge < -0.3 is 53.2 Å². The van der Waals surface area contributed by atoms with Gasteiger partial charge in [-0.2, -0.15) is 0 Å². The highest BCUT2D eigenvalue weighted by atomic mass is 16.6. The molecular formula is C102H192O17. The number of hydrogen-bond acceptors (Lipinski definition) is 17. The molecule has 0 radical (unpaired) electrons. The van der Waals surface area contributed by atoms with Crippen LogP contribution in [0.2, 0.25) is 0 Å². The summed E-state index contributed by atoms with van der Waals surface area (Å²) in [5, 5.41) is 26.0. The molecule has 3 N–H and O–H groups in total. The molecule has 2 aliphatic rings. The molecule has 702 valence electrons. The Balaban J connectivity index is -0.000000667. The Morgan fingerprint density at radius 3 is 0.496 bits per heavy atom. The van der Waals surface area contributed by atoms with Crippen molar-refractivity contribution in [3.8, 4) is 0 Å². The zero-order chi connectivity index (χ0) is 88.1. The molecule has 0 aliphatic carbocycles. The van der Waals surface area contributed by atoms with Gasteiger partial charge in [0.05, 0.1) is 67.1 Å². The van der Waals surface area contributed by atoms with Crippen molar-refractivity contribution in [1.82, 2.24) is 0 Å². The molecule has 17 nitrogen and oxygen atoms in total. The summed E-state index contributed by atoms with van der Waals surface area (Å²) in [4.78, 5) is 65.4. The van der Waals surface area contributed by atoms with Crippen molar-refractivity contribution < 1.29 is 82.0 Å². The van der Waals surface area contributed by atoms with Gasteiger partial charge >= 0.3 is 35.8 Å². The number of carbonyl (C=O) groups excluding carboxylic acids is 6. The number of esters is 6. The van der Waals surface area contributed by atoms with Crippen LogP contribution in [0.3, 0.4) is 0 Å². The molecule has 0 bridgehead atoms. The minimum Gasteiger partial charge on any atom is -0.469 e. The average molecular weight is 1690 g/mol. The van der Waals surface area contributed by atoms with Crippen molar-refractivity contribution in [2.45, 2.75) is 507 Å². The predicted octanol–water partition coefficient (Wildman–Crippen LogP) is 27.8. The predicted molar refractivity (Wildman–Crippen MR) is 497 cm³/mol. The highest BCUT2D eigenvalue weighted by Crippen LogP contribution is 2.33. The second-order valence-corrected chi connectivity index (χ2v) is 32.9. The van der Waals surface area contributed by atoms with E-state index in [1.165, 1.54) is 351 Å². The van der Waals surface area contributed by atoms with Gasteiger partial charge in [0.2, 0.25) is 0 Å². The lowest BCUT2D eigenvalue weighted by atomic mass is 10.0. The van der Waals surface area contributed by atoms with Gasteiger partial charge in [-0.3, -0.25) is 28.8 Å². The van der Waals surface area contributed by atoms with Gasteiger partial charge in [0.25, 0.3) is 0 Å². The topological polar surface area (TPSA) is 244 Å². The van der Waals surface area contributed by atoms with E-state index < -0.39 is 0 Å². The highest BCUT2D eigenvalue weighted by molar-refractivity contribution is 5.70. The Kier molecular flexibility index (Phi) is 108. The van der Waals surface area contributed by atoms with Gasteiger partial charge in [0.15, 0.2) is 0 Å². The van der Waals surface area contributed by atoms with Crippen LogP contribution in [0.4, 0.5) is 0 Å². The van der Waals surface area contributed by atoms with Crippen LogP contribution in [0.15, 0.2) is 48.6 Å². The number of rotatable bonds is 81. The van der Waals surface area contributed by atoms with Crippen LogP contribution in [0.25, 0.3) is 0 Å². The molecule has 2 saturated heterocycles. The first-order chi connectivity index (χ1) is 58.3. The number of aliphatic hydroxyl groups is 3. The summed E-state index contributed by atoms with van der Waals surface area (Å²) in [7, 11) is 8.70. The molecule has 4 atom stereocenters. The van der Waals surface area contributed by atoms with Gasteiger partial charge in [-0.1, -0.05) is 307 Å². The van der Waals surface area contributed by atoms with E-state index in [-0.39, 0.29) is 35.8 Å². The number of unbranched alkanes of at least 4 members (excludes halogenated alkanes) is 50. The lowest BCUT2D eigenvalue weighted by molar-refractivity contribution is -0.141. The molecule has 2 heterocycles. The average Bonchev–Trinajstić information content (AvgIpc) is 1.71. The molecule has 2 aliphatic heterocycles. The van der Waals surface area contributed by atoms with Crippen LogP contribution >= 0.6 is 0 Å². The van der Waals surface area contributed by atoms with E-state index in [2.05, 4.69) is 97.8 Å². The number of epoxide rings is 2. The Labute approximate surface area is 732 Å². The maximum absolute atomic E-state index is 10.9. The highest BCUT2D eigenvalue weighted by Gasteiger charge is 2.37. The molecular weight excluding hydrogens is 1500 g/mol. The molecule has 0 spiro atoms. The van der Waals surface area contributed by atoms with Crippen LogP contribution in [0.1, 0.15) is 483 Å². The zero-order valence-corrected chi connectivity index (χ0v) is 79.0. The van der Waals surface area contributed by atoms with Crippen molar-refractivity contribution in [3.05, 3.63) is 48.6 Å². The van der Waals surface area contributed by atoms with Crippen LogP contribution in [-0.2, 0) is 66.7 Å². The van der Waals surface area contributed by atoms with Crippen molar-refractivity contribution in [3.63, 3.8) is 0 Å². The third kappa shape index (κ3) is 108. The van der Waals surface area contributed by atoms with E-state index in [1.54, 1.807) is 0 Å². The third-order valence-corrected chi connectivity index (χ3v) is 21.9. The third-order valence-electron chi connectivity index (χ3n) is 21.9. The first-order valence-electron chi connectivity index (χ1n) is 49.4. The molecule has 0 amide bonds. The standard InChI is InChI=1S/C17H32O4.3C17H32O3.2C17H32O2/c1-20-17(19)13-9-4-2-3-7-11-15-16(21-15)12-8-5-6-10-14-18;1-3-4-5-9-12-15-16(20-15)13-10-7-6-8-11-14-17(18)19-2;2*1-20-17(19)15-13-11-9-7-5-3-2-4-6-8-10-12-14-16-18;2*1-3-4-5-6-7-8-9-10-11-12-13-14-15-16-17(18)19-2/h15-16,18H,2-14H2,1H3;15-16H,3-14H2,1-2H3;2*2,4,18H,3,5-16H2,1H3;2*8-9H,3-7,10-16H2,1-2H3/b;;4-2+;4-2-;9-8+;9-8-. The monoisotopic (exact) mass is 1690 g/mol. The SMILES string of the molecule is CCCCCC/C=C/CCCCCCCC(=O)OC.CCCCCC/C=C\CCCCCCCC(=O)OC.CCCCCCC1OC1CCCCCCCC(=O)OC.COC(=O)CCCCCCC/C=C/CCCCCCO.COC(=O)CCCCCCC/C=C\CCCCCCO.COC(=O)CCCCCCCC1OC1CCCCCCO. The molecule has 0 saturated carbocycles. The lowest BCUT2D eigenvalue weighted by Crippen LogP contribution is -1.99. The molecule has 0 aromatic rings. The number of aliphatic hydroxyl groups excluding tert-OH is 3. The first kappa shape index (κ1) is 121. The maximum Gasteiger partial charge on any atom is 0.305 e. The van der Waals surface area contributed by atoms with Crippen LogP contribution in [-0.4, -0.2) is 138 Å². The fraction of sp³-hybridized carbons (Fsp3) is 0.863. The summed E-state index contributed by atoms with van der Waals surface area (Å²) >= 11 is 0. The molecule has 2 rings (SSSR count). The largest absolute Gasteiger partial charge is 0.469 e. The first-order valence-corrected chi connectivity index (χ1v) is 49.4. The molecule has 2 fully saturated rings. The smallest absolute Gasteiger partial charge is 0.305 e. The van der Waals surface area contributed by atoms with Gasteiger partial charge in [-0.05, 0) is 186 Å². The van der Waals surface area contributed by atoms with Gasteiger partial charge in [0, 0.05) is 58.3 Å². The van der Waals surface area contributed by atoms with E-state index in [0.717, 1.165) is 116 Å². The number of allylic oxidation sites excluding steroid dienone is 8.